The fourth-order valence-electron chi connectivity index (χ4n) is 4.60. The van der Waals surface area contributed by atoms with Crippen molar-refractivity contribution in [2.45, 2.75) is 12.5 Å². The van der Waals surface area contributed by atoms with Crippen molar-refractivity contribution < 1.29 is 28.6 Å². The van der Waals surface area contributed by atoms with Gasteiger partial charge in [-0.25, -0.2) is 9.18 Å². The van der Waals surface area contributed by atoms with Gasteiger partial charge in [-0.15, -0.1) is 10.2 Å². The number of aldehydes is 1. The molecule has 0 saturated heterocycles. The van der Waals surface area contributed by atoms with Crippen LogP contribution >= 0.6 is 0 Å². The Morgan fingerprint density at radius 1 is 1.18 bits per heavy atom. The van der Waals surface area contributed by atoms with Gasteiger partial charge in [-0.1, -0.05) is 6.07 Å². The summed E-state index contributed by atoms with van der Waals surface area (Å²) in [7, 11) is 0. The summed E-state index contributed by atoms with van der Waals surface area (Å²) in [5.41, 5.74) is 2.31. The molecule has 5 heterocycles. The Hall–Kier alpha value is -4.54. The van der Waals surface area contributed by atoms with Crippen LogP contribution in [0.3, 0.4) is 0 Å². The van der Waals surface area contributed by atoms with Crippen molar-refractivity contribution in [1.29, 1.82) is 0 Å². The van der Waals surface area contributed by atoms with E-state index >= 15 is 0 Å². The predicted octanol–water partition coefficient (Wildman–Crippen LogP) is 3.30. The van der Waals surface area contributed by atoms with Crippen molar-refractivity contribution in [3.05, 3.63) is 65.5 Å². The molecule has 0 bridgehead atoms. The van der Waals surface area contributed by atoms with E-state index in [9.17, 15) is 19.1 Å². The summed E-state index contributed by atoms with van der Waals surface area (Å²) in [4.78, 5) is 29.2. The van der Waals surface area contributed by atoms with E-state index in [2.05, 4.69) is 15.2 Å². The zero-order valence-corrected chi connectivity index (χ0v) is 17.5. The molecule has 6 rings (SSSR count). The van der Waals surface area contributed by atoms with Gasteiger partial charge in [0.1, 0.15) is 23.6 Å². The van der Waals surface area contributed by atoms with Crippen molar-refractivity contribution in [2.75, 3.05) is 18.1 Å². The summed E-state index contributed by atoms with van der Waals surface area (Å²) >= 11 is 0. The smallest absolute Gasteiger partial charge is 0.413 e. The number of carbonyl (C=O) groups is 2. The second-order valence-electron chi connectivity index (χ2n) is 7.95. The van der Waals surface area contributed by atoms with E-state index in [1.54, 1.807) is 24.3 Å². The molecule has 0 spiro atoms. The predicted molar refractivity (Wildman–Crippen MR) is 116 cm³/mol. The number of amides is 1. The SMILES string of the molecule is O=Cc1ncccc1-c1cc2c(n3cnnc13)N(C(=O)O)Cc1c(F)ccc3c1[C@@H](CO3)CO2. The molecule has 2 aliphatic rings. The maximum atomic E-state index is 14.9. The zero-order chi connectivity index (χ0) is 23.4. The van der Waals surface area contributed by atoms with Crippen LogP contribution < -0.4 is 14.4 Å². The van der Waals surface area contributed by atoms with Gasteiger partial charge < -0.3 is 14.6 Å². The van der Waals surface area contributed by atoms with E-state index in [0.29, 0.717) is 34.4 Å². The molecule has 1 aromatic carbocycles. The lowest BCUT2D eigenvalue weighted by Crippen LogP contribution is -2.31. The summed E-state index contributed by atoms with van der Waals surface area (Å²) in [5.74, 6) is 0.0537. The van der Waals surface area contributed by atoms with Crippen LogP contribution in [0.4, 0.5) is 15.0 Å². The molecule has 11 heteroatoms. The molecule has 0 unspecified atom stereocenters. The molecule has 2 aliphatic heterocycles. The second kappa shape index (κ2) is 7.51. The van der Waals surface area contributed by atoms with Gasteiger partial charge in [0.2, 0.25) is 0 Å². The number of pyridine rings is 2. The van der Waals surface area contributed by atoms with Gasteiger partial charge in [0.15, 0.2) is 23.5 Å². The van der Waals surface area contributed by atoms with Crippen molar-refractivity contribution in [3.63, 3.8) is 0 Å². The van der Waals surface area contributed by atoms with Crippen LogP contribution in [0.15, 0.2) is 42.9 Å². The third-order valence-corrected chi connectivity index (χ3v) is 6.10. The van der Waals surface area contributed by atoms with Crippen molar-refractivity contribution in [1.82, 2.24) is 19.6 Å². The third kappa shape index (κ3) is 2.90. The van der Waals surface area contributed by atoms with Crippen molar-refractivity contribution in [3.8, 4) is 22.6 Å². The summed E-state index contributed by atoms with van der Waals surface area (Å²) in [6.45, 7) is 0.151. The summed E-state index contributed by atoms with van der Waals surface area (Å²) < 4.78 is 28.3. The number of carbonyl (C=O) groups excluding carboxylic acids is 1. The number of anilines is 1. The maximum absolute atomic E-state index is 14.9. The first-order valence-electron chi connectivity index (χ1n) is 10.4. The Bertz CT molecular complexity index is 1490. The number of aromatic nitrogens is 4. The molecule has 0 radical (unpaired) electrons. The van der Waals surface area contributed by atoms with Crippen LogP contribution in [0.2, 0.25) is 0 Å². The molecule has 0 aliphatic carbocycles. The van der Waals surface area contributed by atoms with Gasteiger partial charge in [-0.05, 0) is 24.3 Å². The zero-order valence-electron chi connectivity index (χ0n) is 17.5. The van der Waals surface area contributed by atoms with Gasteiger partial charge in [0.25, 0.3) is 0 Å². The first-order chi connectivity index (χ1) is 16.6. The lowest BCUT2D eigenvalue weighted by atomic mass is 9.95. The van der Waals surface area contributed by atoms with E-state index in [0.717, 1.165) is 4.90 Å². The number of nitrogens with zero attached hydrogens (tertiary/aromatic N) is 5. The van der Waals surface area contributed by atoms with E-state index < -0.39 is 11.9 Å². The molecule has 1 amide bonds. The summed E-state index contributed by atoms with van der Waals surface area (Å²) in [6.07, 6.45) is 2.17. The number of ether oxygens (including phenoxy) is 2. The Morgan fingerprint density at radius 2 is 2.00 bits per heavy atom. The monoisotopic (exact) mass is 461 g/mol. The Balaban J connectivity index is 1.62. The molecule has 1 atom stereocenters. The van der Waals surface area contributed by atoms with Crippen LogP contribution in [-0.4, -0.2) is 50.3 Å². The Morgan fingerprint density at radius 3 is 2.79 bits per heavy atom. The Kier molecular flexibility index (Phi) is 4.44. The summed E-state index contributed by atoms with van der Waals surface area (Å²) in [5, 5.41) is 18.2. The van der Waals surface area contributed by atoms with Crippen LogP contribution in [0.5, 0.6) is 11.5 Å². The van der Waals surface area contributed by atoms with E-state index in [-0.39, 0.29) is 48.5 Å². The number of carboxylic acid groups (broad SMARTS) is 1. The van der Waals surface area contributed by atoms with E-state index in [4.69, 9.17) is 9.47 Å². The highest BCUT2D eigenvalue weighted by Crippen LogP contribution is 2.43. The average Bonchev–Trinajstić information content (AvgIpc) is 3.49. The highest BCUT2D eigenvalue weighted by Gasteiger charge is 2.35. The second-order valence-corrected chi connectivity index (χ2v) is 7.95. The molecule has 0 saturated carbocycles. The number of hydrogen-bond acceptors (Lipinski definition) is 7. The highest BCUT2D eigenvalue weighted by molar-refractivity contribution is 5.94. The van der Waals surface area contributed by atoms with Crippen LogP contribution in [0.1, 0.15) is 27.5 Å². The number of benzene rings is 1. The molecular formula is C23H16FN5O5. The van der Waals surface area contributed by atoms with E-state index in [1.807, 2.05) is 0 Å². The third-order valence-electron chi connectivity index (χ3n) is 6.10. The summed E-state index contributed by atoms with van der Waals surface area (Å²) in [6, 6.07) is 7.82. The van der Waals surface area contributed by atoms with Gasteiger partial charge in [0, 0.05) is 28.5 Å². The number of halogens is 1. The Labute approximate surface area is 191 Å². The van der Waals surface area contributed by atoms with Crippen molar-refractivity contribution >= 4 is 23.8 Å². The molecule has 10 nitrogen and oxygen atoms in total. The van der Waals surface area contributed by atoms with Gasteiger partial charge in [-0.3, -0.25) is 19.1 Å². The van der Waals surface area contributed by atoms with Crippen LogP contribution in [-0.2, 0) is 6.54 Å². The van der Waals surface area contributed by atoms with Crippen LogP contribution in [0, 0.1) is 5.82 Å². The number of fused-ring (bicyclic) bond motifs is 3. The fraction of sp³-hybridized carbons (Fsp3) is 0.174. The molecule has 0 fully saturated rings. The minimum Gasteiger partial charge on any atom is -0.493 e. The lowest BCUT2D eigenvalue weighted by molar-refractivity contribution is 0.111. The molecule has 4 aromatic rings. The van der Waals surface area contributed by atoms with Crippen LogP contribution in [0.25, 0.3) is 16.8 Å². The maximum Gasteiger partial charge on any atom is 0.413 e. The first-order valence-corrected chi connectivity index (χ1v) is 10.4. The van der Waals surface area contributed by atoms with Gasteiger partial charge >= 0.3 is 6.09 Å². The quantitative estimate of drug-likeness (QED) is 0.452. The molecule has 34 heavy (non-hydrogen) atoms. The number of hydrogen-bond donors (Lipinski definition) is 1. The van der Waals surface area contributed by atoms with E-state index in [1.165, 1.54) is 23.0 Å². The molecule has 170 valence electrons. The molecule has 3 aromatic heterocycles. The lowest BCUT2D eigenvalue weighted by Gasteiger charge is -2.24. The average molecular weight is 461 g/mol. The molecule has 1 N–H and O–H groups in total. The fourth-order valence-corrected chi connectivity index (χ4v) is 4.60. The largest absolute Gasteiger partial charge is 0.493 e. The standard InChI is InChI=1S/C23H16FN5O5/c24-16-3-4-18-20-12(9-33-18)10-34-19-6-14(13-2-1-5-25-17(13)8-30)21-27-26-11-29(21)22(19)28(23(31)32)7-15(16)20/h1-6,8,11-12H,7,9-10H2,(H,31,32)/t12-/m0/s1. The van der Waals surface area contributed by atoms with Crippen molar-refractivity contribution in [2.24, 2.45) is 0 Å². The van der Waals surface area contributed by atoms with Gasteiger partial charge in [-0.2, -0.15) is 0 Å². The van der Waals surface area contributed by atoms with Gasteiger partial charge in [0.05, 0.1) is 25.7 Å². The minimum absolute atomic E-state index is 0.130. The minimum atomic E-state index is -1.31. The normalized spacial score (nSPS) is 16.5. The first kappa shape index (κ1) is 20.1. The number of rotatable bonds is 2. The molecular weight excluding hydrogens is 445 g/mol. The highest BCUT2D eigenvalue weighted by atomic mass is 19.1. The topological polar surface area (TPSA) is 119 Å².